The number of carbonyl (C=O) groups is 9. The zero-order valence-electron chi connectivity index (χ0n) is 56.7. The number of carboxylic acids is 2. The molecule has 4 saturated carbocycles. The normalized spacial score (nSPS) is 21.3. The predicted molar refractivity (Wildman–Crippen MR) is 370 cm³/mol. The van der Waals surface area contributed by atoms with Gasteiger partial charge in [-0.25, -0.2) is 19.6 Å². The Morgan fingerprint density at radius 3 is 2.25 bits per heavy atom. The second kappa shape index (κ2) is 28.7. The number of primary amides is 1. The van der Waals surface area contributed by atoms with Gasteiger partial charge in [0.15, 0.2) is 10.8 Å². The van der Waals surface area contributed by atoms with Crippen molar-refractivity contribution in [2.75, 3.05) is 53.7 Å². The average molecular weight is 1410 g/mol. The second-order valence-corrected chi connectivity index (χ2v) is 31.1. The molecule has 0 radical (unpaired) electrons. The Kier molecular flexibility index (Phi) is 20.6. The number of amides is 7. The lowest BCUT2D eigenvalue weighted by atomic mass is 9.39. The zero-order chi connectivity index (χ0) is 71.8. The number of pyridine rings is 1. The molecule has 12 rings (SSSR count). The molecule has 2 unspecified atom stereocenters. The highest BCUT2D eigenvalue weighted by Gasteiger charge is 2.66. The first-order valence-corrected chi connectivity index (χ1v) is 35.8. The molecule has 4 atom stereocenters. The molecule has 3 aromatic carbocycles. The van der Waals surface area contributed by atoms with Gasteiger partial charge in [0.2, 0.25) is 11.8 Å². The number of anilines is 3. The van der Waals surface area contributed by atoms with E-state index < -0.39 is 107 Å². The van der Waals surface area contributed by atoms with Crippen LogP contribution in [0.15, 0.2) is 91.1 Å². The number of imide groups is 1. The second-order valence-electron chi connectivity index (χ2n) is 28.5. The first-order chi connectivity index (χ1) is 47.3. The van der Waals surface area contributed by atoms with Crippen LogP contribution in [0.1, 0.15) is 141 Å². The number of benzene rings is 3. The number of unbranched alkanes of at least 4 members (excludes halogenated alkanes) is 1. The number of para-hydroxylation sites is 1. The molecule has 530 valence electrons. The number of hydrogen-bond donors (Lipinski definition) is 6. The summed E-state index contributed by atoms with van der Waals surface area (Å²) in [4.78, 5) is 132. The van der Waals surface area contributed by atoms with Crippen molar-refractivity contribution in [3.8, 4) is 11.1 Å². The van der Waals surface area contributed by atoms with E-state index in [1.807, 2.05) is 59.0 Å². The Balaban J connectivity index is 0.777. The predicted octanol–water partition coefficient (Wildman–Crippen LogP) is 8.11. The highest BCUT2D eigenvalue weighted by molar-refractivity contribution is 7.85. The summed E-state index contributed by atoms with van der Waals surface area (Å²) in [6.45, 7) is 10.8. The molecule has 4 bridgehead atoms. The third-order valence-corrected chi connectivity index (χ3v) is 21.7. The number of fused-ring (bicyclic) bond motifs is 2. The quantitative estimate of drug-likeness (QED) is 0.0147. The SMILES string of the molecule is Cc1c(-c2ccc(N3CCc4cccc(C(=O)Nc5nc6ccccc6s5)c4C3)nc2C(=O)O)cnn1CC12CC3(C)CC(C)(C1)CC(OCCN(CCS(=O)(=O)O)C(=O)OCc1ccc(N(C(=O)[C@@H](NC(=O)CN4C(=O)C=CC4=O)C(C)C)[C@@H](C)C(N)=O)cc1CCCCC(=O)O)(C3)C2. The van der Waals surface area contributed by atoms with Crippen molar-refractivity contribution in [1.29, 1.82) is 0 Å². The summed E-state index contributed by atoms with van der Waals surface area (Å²) >= 11 is 1.39. The van der Waals surface area contributed by atoms with Gasteiger partial charge in [0.1, 0.15) is 31.1 Å². The molecule has 0 spiro atoms. The Morgan fingerprint density at radius 2 is 1.57 bits per heavy atom. The van der Waals surface area contributed by atoms with E-state index in [0.29, 0.717) is 82.6 Å². The number of thiazole rings is 1. The summed E-state index contributed by atoms with van der Waals surface area (Å²) in [7, 11) is -4.59. The summed E-state index contributed by atoms with van der Waals surface area (Å²) in [5.74, 6) is -7.37. The Labute approximate surface area is 582 Å². The van der Waals surface area contributed by atoms with Gasteiger partial charge in [-0.15, -0.1) is 0 Å². The number of nitrogens with two attached hydrogens (primary N) is 1. The molecule has 2 aliphatic heterocycles. The molecule has 4 fully saturated rings. The van der Waals surface area contributed by atoms with Gasteiger partial charge in [-0.2, -0.15) is 13.5 Å². The molecule has 100 heavy (non-hydrogen) atoms. The zero-order valence-corrected chi connectivity index (χ0v) is 58.3. The smallest absolute Gasteiger partial charge is 0.410 e. The number of nitrogens with one attached hydrogen (secondary N) is 2. The average Bonchev–Trinajstić information content (AvgIpc) is 0.951. The highest BCUT2D eigenvalue weighted by atomic mass is 32.2. The van der Waals surface area contributed by atoms with E-state index >= 15 is 0 Å². The maximum atomic E-state index is 14.6. The lowest BCUT2D eigenvalue weighted by molar-refractivity contribution is -0.248. The van der Waals surface area contributed by atoms with Crippen molar-refractivity contribution >= 4 is 102 Å². The van der Waals surface area contributed by atoms with Crippen LogP contribution in [0, 0.1) is 29.1 Å². The topological polar surface area (TPSA) is 374 Å². The van der Waals surface area contributed by atoms with Gasteiger partial charge in [-0.3, -0.25) is 57.9 Å². The van der Waals surface area contributed by atoms with Crippen LogP contribution in [0.3, 0.4) is 0 Å². The molecule has 29 heteroatoms. The van der Waals surface area contributed by atoms with Crippen LogP contribution >= 0.6 is 11.3 Å². The maximum Gasteiger partial charge on any atom is 0.410 e. The Morgan fingerprint density at radius 1 is 0.840 bits per heavy atom. The largest absolute Gasteiger partial charge is 0.481 e. The van der Waals surface area contributed by atoms with E-state index in [-0.39, 0.29) is 65.9 Å². The van der Waals surface area contributed by atoms with Crippen LogP contribution in [0.25, 0.3) is 21.3 Å². The number of carbonyl (C=O) groups excluding carboxylic acids is 7. The highest BCUT2D eigenvalue weighted by Crippen LogP contribution is 2.72. The minimum Gasteiger partial charge on any atom is -0.481 e. The minimum atomic E-state index is -4.59. The van der Waals surface area contributed by atoms with Gasteiger partial charge in [0.05, 0.1) is 34.4 Å². The molecule has 0 saturated heterocycles. The van der Waals surface area contributed by atoms with E-state index in [4.69, 9.17) is 25.3 Å². The van der Waals surface area contributed by atoms with Gasteiger partial charge in [-0.05, 0) is 165 Å². The van der Waals surface area contributed by atoms with Crippen LogP contribution in [-0.2, 0) is 80.9 Å². The number of ether oxygens (including phenoxy) is 2. The van der Waals surface area contributed by atoms with E-state index in [1.165, 1.54) is 24.3 Å². The third-order valence-electron chi connectivity index (χ3n) is 20.0. The van der Waals surface area contributed by atoms with E-state index in [2.05, 4.69) is 29.5 Å². The number of hydrogen-bond acceptors (Lipinski definition) is 18. The van der Waals surface area contributed by atoms with Crippen molar-refractivity contribution < 1.29 is 75.8 Å². The van der Waals surface area contributed by atoms with Crippen LogP contribution in [0.4, 0.5) is 21.4 Å². The van der Waals surface area contributed by atoms with Gasteiger partial charge < -0.3 is 40.5 Å². The molecule has 7 N–H and O–H groups in total. The summed E-state index contributed by atoms with van der Waals surface area (Å²) in [5, 5.41) is 31.2. The first-order valence-electron chi connectivity index (χ1n) is 33.4. The third kappa shape index (κ3) is 15.9. The monoisotopic (exact) mass is 1410 g/mol. The Hall–Kier alpha value is -9.45. The van der Waals surface area contributed by atoms with Crippen LogP contribution in [0.2, 0.25) is 0 Å². The van der Waals surface area contributed by atoms with Gasteiger partial charge in [-0.1, -0.05) is 69.4 Å². The number of nitrogens with zero attached hydrogens (tertiary/aromatic N) is 8. The lowest BCUT2D eigenvalue weighted by Gasteiger charge is -2.69. The molecule has 6 aromatic rings. The number of aliphatic carboxylic acids is 1. The van der Waals surface area contributed by atoms with E-state index in [9.17, 15) is 66.3 Å². The van der Waals surface area contributed by atoms with Crippen LogP contribution in [-0.4, -0.2) is 162 Å². The maximum absolute atomic E-state index is 14.6. The van der Waals surface area contributed by atoms with Crippen molar-refractivity contribution in [3.05, 3.63) is 130 Å². The molecule has 5 heterocycles. The van der Waals surface area contributed by atoms with Gasteiger partial charge in [0, 0.05) is 79.4 Å². The fourth-order valence-corrected chi connectivity index (χ4v) is 17.9. The molecule has 7 amide bonds. The fourth-order valence-electron chi connectivity index (χ4n) is 16.6. The number of aryl methyl sites for hydroxylation is 1. The van der Waals surface area contributed by atoms with E-state index in [0.717, 1.165) is 81.1 Å². The molecule has 4 aliphatic carbocycles. The summed E-state index contributed by atoms with van der Waals surface area (Å²) < 4.78 is 50.3. The van der Waals surface area contributed by atoms with Crippen LogP contribution < -0.4 is 26.2 Å². The number of rotatable bonds is 29. The van der Waals surface area contributed by atoms with Crippen molar-refractivity contribution in [1.82, 2.24) is 34.9 Å². The minimum absolute atomic E-state index is 0.0326. The molecule has 27 nitrogen and oxygen atoms in total. The molecule has 3 aromatic heterocycles. The van der Waals surface area contributed by atoms with Crippen molar-refractivity contribution in [2.24, 2.45) is 27.9 Å². The van der Waals surface area contributed by atoms with E-state index in [1.54, 1.807) is 44.3 Å². The number of carboxylic acid groups (broad SMARTS) is 2. The fraction of sp³-hybridized carbons (Fsp3) is 0.465. The number of aromatic carboxylic acids is 1. The van der Waals surface area contributed by atoms with Crippen LogP contribution in [0.5, 0.6) is 0 Å². The lowest BCUT2D eigenvalue weighted by Crippen LogP contribution is -2.64. The standard InChI is InChI=1S/C71H83N11O16S2/c1-42(2)60(76-56(83)33-80-57(84)22-23-58(80)85)64(90)82(44(4)62(72)88)48-19-18-47(46(30-48)12-7-10-17-59(86)87)34-97-67(93)78(27-29-100(94,95)96)26-28-98-71-38-68(5)35-69(6,39-71)37-70(36-68,40-71)41-81-43(3)51(31-73-81)49-20-21-55(75-61(49)65(91)92)79-25-24-45-13-11-14-50(52(45)32-79)63(89)77-66-74-53-15-8-9-16-54(53)99-66/h8-9,11,13-16,18-23,30-31,42,44,60H,7,10,12,17,24-29,32-41H2,1-6H3,(H2,72,88)(H,76,83)(H,86,87)(H,91,92)(H,74,77,89)(H,94,95,96)/t44-,60-,68?,69?,70?,71?/m0/s1. The van der Waals surface area contributed by atoms with Crippen molar-refractivity contribution in [2.45, 2.75) is 150 Å². The summed E-state index contributed by atoms with van der Waals surface area (Å²) in [6, 6.07) is 18.9. The summed E-state index contributed by atoms with van der Waals surface area (Å²) in [5.41, 5.74) is 10.3. The first kappa shape index (κ1) is 71.8. The van der Waals surface area contributed by atoms with Crippen molar-refractivity contribution in [3.63, 3.8) is 0 Å². The number of aromatic nitrogens is 4. The Bertz CT molecular complexity index is 4340. The van der Waals surface area contributed by atoms with Gasteiger partial charge in [0.25, 0.3) is 33.7 Å². The molecule has 6 aliphatic rings. The molecular weight excluding hydrogens is 1330 g/mol. The molecular formula is C71H83N11O16S2. The summed E-state index contributed by atoms with van der Waals surface area (Å²) in [6.07, 6.45) is 8.76. The van der Waals surface area contributed by atoms with Gasteiger partial charge >= 0.3 is 18.0 Å².